The summed E-state index contributed by atoms with van der Waals surface area (Å²) in [5, 5.41) is 11.4. The number of hydrogen-bond donors (Lipinski definition) is 1. The van der Waals surface area contributed by atoms with Crippen molar-refractivity contribution in [1.82, 2.24) is 24.6 Å². The van der Waals surface area contributed by atoms with Crippen LogP contribution in [0.3, 0.4) is 0 Å². The molecule has 0 unspecified atom stereocenters. The van der Waals surface area contributed by atoms with E-state index in [-0.39, 0.29) is 11.9 Å². The van der Waals surface area contributed by atoms with Crippen LogP contribution < -0.4 is 5.32 Å². The summed E-state index contributed by atoms with van der Waals surface area (Å²) >= 11 is 0. The Morgan fingerprint density at radius 1 is 1.20 bits per heavy atom. The number of benzene rings is 1. The number of fused-ring (bicyclic) bond motifs is 1. The standard InChI is InChI=1S/C19H21N5O/c1-14-21-22-18-9-6-16(13-24(14)18)20-19(25)12-15-4-7-17(8-5-15)23-10-2-3-11-23/h2-5,7-8,10-11,16H,6,9,12-13H2,1H3,(H,20,25)/t16-/m1/s1. The van der Waals surface area contributed by atoms with Gasteiger partial charge in [-0.1, -0.05) is 12.1 Å². The minimum absolute atomic E-state index is 0.0629. The second-order valence-corrected chi connectivity index (χ2v) is 6.51. The first-order chi connectivity index (χ1) is 12.2. The minimum atomic E-state index is 0.0629. The third-order valence-corrected chi connectivity index (χ3v) is 4.70. The number of carbonyl (C=O) groups excluding carboxylic acids is 1. The van der Waals surface area contributed by atoms with E-state index in [2.05, 4.69) is 20.1 Å². The molecule has 0 aliphatic carbocycles. The first-order valence-corrected chi connectivity index (χ1v) is 8.59. The van der Waals surface area contributed by atoms with Crippen LogP contribution in [-0.4, -0.2) is 31.3 Å². The van der Waals surface area contributed by atoms with Gasteiger partial charge in [0.1, 0.15) is 11.6 Å². The molecular formula is C19H21N5O. The number of aryl methyl sites for hydroxylation is 2. The van der Waals surface area contributed by atoms with Crippen LogP contribution in [0.25, 0.3) is 5.69 Å². The fourth-order valence-corrected chi connectivity index (χ4v) is 3.34. The highest BCUT2D eigenvalue weighted by Crippen LogP contribution is 2.15. The number of carbonyl (C=O) groups is 1. The van der Waals surface area contributed by atoms with Crippen LogP contribution in [0.5, 0.6) is 0 Å². The van der Waals surface area contributed by atoms with Crippen molar-refractivity contribution in [2.75, 3.05) is 0 Å². The van der Waals surface area contributed by atoms with E-state index in [0.717, 1.165) is 42.3 Å². The number of nitrogens with one attached hydrogen (secondary N) is 1. The van der Waals surface area contributed by atoms with Crippen LogP contribution >= 0.6 is 0 Å². The summed E-state index contributed by atoms with van der Waals surface area (Å²) in [5.41, 5.74) is 2.11. The molecule has 128 valence electrons. The fraction of sp³-hybridized carbons (Fsp3) is 0.316. The van der Waals surface area contributed by atoms with Crippen LogP contribution in [0.4, 0.5) is 0 Å². The Morgan fingerprint density at radius 3 is 2.72 bits per heavy atom. The van der Waals surface area contributed by atoms with E-state index >= 15 is 0 Å². The van der Waals surface area contributed by atoms with Gasteiger partial charge in [0.25, 0.3) is 0 Å². The lowest BCUT2D eigenvalue weighted by Crippen LogP contribution is -2.41. The Balaban J connectivity index is 1.36. The Labute approximate surface area is 146 Å². The average molecular weight is 335 g/mol. The molecule has 0 bridgehead atoms. The monoisotopic (exact) mass is 335 g/mol. The van der Waals surface area contributed by atoms with Crippen LogP contribution in [-0.2, 0) is 24.2 Å². The number of amides is 1. The predicted octanol–water partition coefficient (Wildman–Crippen LogP) is 2.05. The molecule has 1 aliphatic rings. The van der Waals surface area contributed by atoms with Crippen molar-refractivity contribution >= 4 is 5.91 Å². The summed E-state index contributed by atoms with van der Waals surface area (Å²) in [4.78, 5) is 12.4. The van der Waals surface area contributed by atoms with E-state index in [9.17, 15) is 4.79 Å². The molecule has 0 spiro atoms. The topological polar surface area (TPSA) is 64.7 Å². The first-order valence-electron chi connectivity index (χ1n) is 8.59. The second-order valence-electron chi connectivity index (χ2n) is 6.51. The summed E-state index contributed by atoms with van der Waals surface area (Å²) in [7, 11) is 0. The van der Waals surface area contributed by atoms with Gasteiger partial charge in [-0.2, -0.15) is 0 Å². The molecule has 6 heteroatoms. The van der Waals surface area contributed by atoms with Crippen LogP contribution in [0.2, 0.25) is 0 Å². The quantitative estimate of drug-likeness (QED) is 0.794. The molecule has 2 aromatic heterocycles. The molecule has 1 aliphatic heterocycles. The van der Waals surface area contributed by atoms with Crippen LogP contribution in [0.1, 0.15) is 23.6 Å². The minimum Gasteiger partial charge on any atom is -0.351 e. The molecule has 0 radical (unpaired) electrons. The summed E-state index contributed by atoms with van der Waals surface area (Å²) in [6.45, 7) is 2.71. The number of aromatic nitrogens is 4. The van der Waals surface area contributed by atoms with Gasteiger partial charge >= 0.3 is 0 Å². The Morgan fingerprint density at radius 2 is 1.96 bits per heavy atom. The highest BCUT2D eigenvalue weighted by Gasteiger charge is 2.22. The second kappa shape index (κ2) is 6.55. The van der Waals surface area contributed by atoms with Gasteiger partial charge in [-0.15, -0.1) is 10.2 Å². The maximum absolute atomic E-state index is 12.4. The predicted molar refractivity (Wildman–Crippen MR) is 94.5 cm³/mol. The Bertz CT molecular complexity index is 864. The highest BCUT2D eigenvalue weighted by molar-refractivity contribution is 5.78. The lowest BCUT2D eigenvalue weighted by Gasteiger charge is -2.25. The molecule has 3 heterocycles. The van der Waals surface area contributed by atoms with Crippen molar-refractivity contribution in [2.24, 2.45) is 0 Å². The van der Waals surface area contributed by atoms with E-state index in [4.69, 9.17) is 0 Å². The van der Waals surface area contributed by atoms with Gasteiger partial charge in [-0.25, -0.2) is 0 Å². The molecule has 1 amide bonds. The number of rotatable bonds is 4. The van der Waals surface area contributed by atoms with Crippen molar-refractivity contribution in [3.63, 3.8) is 0 Å². The molecule has 1 atom stereocenters. The van der Waals surface area contributed by atoms with E-state index in [1.807, 2.05) is 60.3 Å². The number of hydrogen-bond acceptors (Lipinski definition) is 3. The molecule has 0 saturated heterocycles. The van der Waals surface area contributed by atoms with Gasteiger partial charge in [-0.05, 0) is 43.2 Å². The molecular weight excluding hydrogens is 314 g/mol. The Kier molecular flexibility index (Phi) is 4.09. The third-order valence-electron chi connectivity index (χ3n) is 4.70. The summed E-state index contributed by atoms with van der Waals surface area (Å²) < 4.78 is 4.14. The van der Waals surface area contributed by atoms with Crippen molar-refractivity contribution in [1.29, 1.82) is 0 Å². The van der Waals surface area contributed by atoms with Crippen molar-refractivity contribution in [2.45, 2.75) is 38.8 Å². The summed E-state index contributed by atoms with van der Waals surface area (Å²) in [5.74, 6) is 1.99. The van der Waals surface area contributed by atoms with Crippen LogP contribution in [0.15, 0.2) is 48.8 Å². The molecule has 0 fully saturated rings. The van der Waals surface area contributed by atoms with Gasteiger partial charge < -0.3 is 14.5 Å². The summed E-state index contributed by atoms with van der Waals surface area (Å²) in [6, 6.07) is 12.2. The van der Waals surface area contributed by atoms with E-state index in [1.54, 1.807) is 0 Å². The van der Waals surface area contributed by atoms with Crippen molar-refractivity contribution < 1.29 is 4.79 Å². The zero-order valence-corrected chi connectivity index (χ0v) is 14.2. The lowest BCUT2D eigenvalue weighted by atomic mass is 10.1. The van der Waals surface area contributed by atoms with Crippen molar-refractivity contribution in [3.05, 3.63) is 66.0 Å². The maximum Gasteiger partial charge on any atom is 0.224 e. The normalized spacial score (nSPS) is 16.4. The SMILES string of the molecule is Cc1nnc2n1C[C@H](NC(=O)Cc1ccc(-n3cccc3)cc1)CC2. The van der Waals surface area contributed by atoms with Gasteiger partial charge in [-0.3, -0.25) is 4.79 Å². The molecule has 3 aromatic rings. The zero-order chi connectivity index (χ0) is 17.2. The van der Waals surface area contributed by atoms with E-state index in [1.165, 1.54) is 0 Å². The molecule has 1 N–H and O–H groups in total. The van der Waals surface area contributed by atoms with E-state index in [0.29, 0.717) is 6.42 Å². The van der Waals surface area contributed by atoms with Gasteiger partial charge in [0, 0.05) is 37.1 Å². The molecule has 0 saturated carbocycles. The smallest absolute Gasteiger partial charge is 0.224 e. The molecule has 1 aromatic carbocycles. The van der Waals surface area contributed by atoms with Crippen LogP contribution in [0, 0.1) is 6.92 Å². The maximum atomic E-state index is 12.4. The number of nitrogens with zero attached hydrogens (tertiary/aromatic N) is 4. The molecule has 4 rings (SSSR count). The fourth-order valence-electron chi connectivity index (χ4n) is 3.34. The first kappa shape index (κ1) is 15.6. The largest absolute Gasteiger partial charge is 0.351 e. The zero-order valence-electron chi connectivity index (χ0n) is 14.2. The molecule has 25 heavy (non-hydrogen) atoms. The average Bonchev–Trinajstić information content (AvgIpc) is 3.26. The lowest BCUT2D eigenvalue weighted by molar-refractivity contribution is -0.121. The summed E-state index contributed by atoms with van der Waals surface area (Å²) in [6.07, 6.45) is 6.18. The highest BCUT2D eigenvalue weighted by atomic mass is 16.1. The van der Waals surface area contributed by atoms with E-state index < -0.39 is 0 Å². The van der Waals surface area contributed by atoms with Gasteiger partial charge in [0.15, 0.2) is 0 Å². The molecule has 6 nitrogen and oxygen atoms in total. The van der Waals surface area contributed by atoms with Crippen molar-refractivity contribution in [3.8, 4) is 5.69 Å². The third kappa shape index (κ3) is 3.33. The van der Waals surface area contributed by atoms with Gasteiger partial charge in [0.2, 0.25) is 5.91 Å². The van der Waals surface area contributed by atoms with Gasteiger partial charge in [0.05, 0.1) is 6.42 Å². The Hall–Kier alpha value is -2.89.